The van der Waals surface area contributed by atoms with Crippen molar-refractivity contribution in [2.24, 2.45) is 11.8 Å². The van der Waals surface area contributed by atoms with E-state index in [2.05, 4.69) is 97.0 Å². The highest BCUT2D eigenvalue weighted by atomic mass is 28.4. The number of aromatic nitrogens is 4. The predicted molar refractivity (Wildman–Crippen MR) is 213 cm³/mol. The molecule has 1 amide bonds. The van der Waals surface area contributed by atoms with Gasteiger partial charge in [0.1, 0.15) is 17.1 Å². The summed E-state index contributed by atoms with van der Waals surface area (Å²) in [6, 6.07) is 26.1. The summed E-state index contributed by atoms with van der Waals surface area (Å²) in [5, 5.41) is 2.70. The number of carbonyl (C=O) groups is 1. The van der Waals surface area contributed by atoms with Crippen LogP contribution in [0, 0.1) is 18.3 Å². The summed E-state index contributed by atoms with van der Waals surface area (Å²) in [5.74, 6) is 0.977. The Kier molecular flexibility index (Phi) is 11.2. The van der Waals surface area contributed by atoms with Crippen LogP contribution >= 0.6 is 0 Å². The number of nitrogens with zero attached hydrogens (tertiary/aromatic N) is 3. The molecule has 0 aliphatic heterocycles. The van der Waals surface area contributed by atoms with E-state index < -0.39 is 19.5 Å². The Morgan fingerprint density at radius 2 is 1.50 bits per heavy atom. The molecular formula is C42H52N5O6Si. The number of hydrogen-bond acceptors (Lipinski definition) is 8. The van der Waals surface area contributed by atoms with Crippen LogP contribution in [-0.2, 0) is 19.6 Å². The number of methoxy groups -OCH3 is 2. The molecule has 0 unspecified atom stereocenters. The third-order valence-electron chi connectivity index (χ3n) is 10.9. The first kappa shape index (κ1) is 38.9. The van der Waals surface area contributed by atoms with Gasteiger partial charge in [-0.15, -0.1) is 0 Å². The van der Waals surface area contributed by atoms with Gasteiger partial charge in [-0.1, -0.05) is 89.2 Å². The van der Waals surface area contributed by atoms with Crippen molar-refractivity contribution in [2.75, 3.05) is 26.1 Å². The van der Waals surface area contributed by atoms with Gasteiger partial charge in [-0.3, -0.25) is 19.9 Å². The zero-order chi connectivity index (χ0) is 38.8. The molecule has 12 heteroatoms. The van der Waals surface area contributed by atoms with Crippen LogP contribution in [0.15, 0.2) is 90.0 Å². The van der Waals surface area contributed by atoms with Gasteiger partial charge in [0.2, 0.25) is 11.9 Å². The van der Waals surface area contributed by atoms with E-state index in [0.29, 0.717) is 18.7 Å². The maximum atomic E-state index is 13.1. The third-order valence-corrected chi connectivity index (χ3v) is 15.4. The van der Waals surface area contributed by atoms with Crippen molar-refractivity contribution in [2.45, 2.75) is 76.9 Å². The molecule has 285 valence electrons. The third kappa shape index (κ3) is 7.73. The van der Waals surface area contributed by atoms with Crippen LogP contribution in [0.4, 0.5) is 5.95 Å². The molecule has 1 fully saturated rings. The minimum absolute atomic E-state index is 0.0373. The highest BCUT2D eigenvalue weighted by Gasteiger charge is 2.47. The molecule has 1 saturated carbocycles. The highest BCUT2D eigenvalue weighted by Crippen LogP contribution is 2.47. The summed E-state index contributed by atoms with van der Waals surface area (Å²) < 4.78 is 27.6. The van der Waals surface area contributed by atoms with Crippen molar-refractivity contribution in [1.82, 2.24) is 19.5 Å². The molecule has 0 bridgehead atoms. The number of anilines is 1. The monoisotopic (exact) mass is 750 g/mol. The lowest BCUT2D eigenvalue weighted by molar-refractivity contribution is -0.118. The molecule has 2 aromatic heterocycles. The van der Waals surface area contributed by atoms with Crippen molar-refractivity contribution in [3.05, 3.63) is 119 Å². The average molecular weight is 751 g/mol. The largest absolute Gasteiger partial charge is 0.497 e. The van der Waals surface area contributed by atoms with E-state index in [1.165, 1.54) is 0 Å². The Hall–Kier alpha value is -4.78. The Morgan fingerprint density at radius 1 is 0.926 bits per heavy atom. The summed E-state index contributed by atoms with van der Waals surface area (Å²) in [7, 11) is 1.05. The van der Waals surface area contributed by atoms with Gasteiger partial charge in [0.25, 0.3) is 5.56 Å². The molecule has 1 radical (unpaired) electrons. The Balaban J connectivity index is 1.42. The molecule has 1 aliphatic rings. The SMILES string of the molecule is COc1ccc(C(OC[C@H]2C[C@H](n3cnc4c(=O)[nH]c(NC(=O)C(C)C)nc43)[CH][C@H]2O[Si](C)(C)C(C)(C)C)(c2ccccc2)c2ccc(OC)cc2)cc1. The van der Waals surface area contributed by atoms with Gasteiger partial charge >= 0.3 is 0 Å². The van der Waals surface area contributed by atoms with Gasteiger partial charge in [-0.25, -0.2) is 4.98 Å². The zero-order valence-corrected chi connectivity index (χ0v) is 33.7. The molecule has 2 heterocycles. The lowest BCUT2D eigenvalue weighted by Gasteiger charge is -2.41. The molecule has 0 saturated heterocycles. The molecule has 11 nitrogen and oxygen atoms in total. The highest BCUT2D eigenvalue weighted by molar-refractivity contribution is 6.74. The number of fused-ring (bicyclic) bond motifs is 1. The fourth-order valence-electron chi connectivity index (χ4n) is 6.72. The van der Waals surface area contributed by atoms with E-state index in [4.69, 9.17) is 18.6 Å². The second kappa shape index (κ2) is 15.5. The van der Waals surface area contributed by atoms with Gasteiger partial charge in [-0.2, -0.15) is 4.98 Å². The number of amides is 1. The minimum Gasteiger partial charge on any atom is -0.497 e. The van der Waals surface area contributed by atoms with E-state index in [1.54, 1.807) is 34.4 Å². The second-order valence-electron chi connectivity index (χ2n) is 15.8. The maximum absolute atomic E-state index is 13.1. The number of rotatable bonds is 13. The topological polar surface area (TPSA) is 130 Å². The summed E-state index contributed by atoms with van der Waals surface area (Å²) in [6.07, 6.45) is 4.23. The predicted octanol–water partition coefficient (Wildman–Crippen LogP) is 7.90. The molecule has 3 aromatic carbocycles. The second-order valence-corrected chi connectivity index (χ2v) is 20.6. The van der Waals surface area contributed by atoms with E-state index in [9.17, 15) is 9.59 Å². The van der Waals surface area contributed by atoms with Crippen molar-refractivity contribution in [3.63, 3.8) is 0 Å². The lowest BCUT2D eigenvalue weighted by Crippen LogP contribution is -2.46. The van der Waals surface area contributed by atoms with Crippen LogP contribution in [0.5, 0.6) is 11.5 Å². The van der Waals surface area contributed by atoms with Gasteiger partial charge in [0.05, 0.1) is 33.3 Å². The van der Waals surface area contributed by atoms with Crippen molar-refractivity contribution >= 4 is 31.3 Å². The number of benzene rings is 3. The number of aromatic amines is 1. The van der Waals surface area contributed by atoms with Crippen LogP contribution in [0.3, 0.4) is 0 Å². The molecule has 54 heavy (non-hydrogen) atoms. The first-order valence-corrected chi connectivity index (χ1v) is 21.4. The Bertz CT molecular complexity index is 2060. The fraction of sp³-hybridized carbons (Fsp3) is 0.405. The summed E-state index contributed by atoms with van der Waals surface area (Å²) in [4.78, 5) is 37.4. The lowest BCUT2D eigenvalue weighted by atomic mass is 9.80. The van der Waals surface area contributed by atoms with Gasteiger partial charge < -0.3 is 23.2 Å². The van der Waals surface area contributed by atoms with E-state index >= 15 is 0 Å². The number of carbonyl (C=O) groups excluding carboxylic acids is 1. The summed E-state index contributed by atoms with van der Waals surface area (Å²) >= 11 is 0. The molecular weight excluding hydrogens is 699 g/mol. The van der Waals surface area contributed by atoms with Crippen molar-refractivity contribution < 1.29 is 23.4 Å². The smallest absolute Gasteiger partial charge is 0.280 e. The molecule has 5 aromatic rings. The summed E-state index contributed by atoms with van der Waals surface area (Å²) in [5.41, 5.74) is 2.04. The number of ether oxygens (including phenoxy) is 3. The number of nitrogens with one attached hydrogen (secondary N) is 2. The van der Waals surface area contributed by atoms with Crippen LogP contribution in [0.1, 0.15) is 63.8 Å². The molecule has 2 N–H and O–H groups in total. The van der Waals surface area contributed by atoms with E-state index in [1.807, 2.05) is 47.0 Å². The van der Waals surface area contributed by atoms with Gasteiger partial charge in [0.15, 0.2) is 19.5 Å². The Morgan fingerprint density at radius 3 is 2.04 bits per heavy atom. The van der Waals surface area contributed by atoms with Gasteiger partial charge in [0, 0.05) is 24.3 Å². The van der Waals surface area contributed by atoms with Crippen LogP contribution in [0.25, 0.3) is 11.2 Å². The molecule has 1 aliphatic carbocycles. The van der Waals surface area contributed by atoms with Gasteiger partial charge in [-0.05, 0) is 65.5 Å². The normalized spacial score (nSPS) is 17.9. The Labute approximate surface area is 318 Å². The number of hydrogen-bond donors (Lipinski definition) is 2. The standard InChI is InChI=1S/C42H52N5O6Si/c1-27(2)38(48)45-40-44-37-36(39(49)46-40)43-26-47(37)32-23-28(35(24-32)53-54(8,9)41(3,4)5)25-52-42(29-13-11-10-12-14-29,30-15-19-33(50-6)20-16-30)31-17-21-34(51-7)22-18-31/h10-22,24,26-28,32,35H,23,25H2,1-9H3,(H2,44,45,46,48,49)/t28-,32+,35-/m1/s1. The first-order chi connectivity index (χ1) is 25.7. The number of H-pyrrole nitrogens is 1. The maximum Gasteiger partial charge on any atom is 0.280 e. The van der Waals surface area contributed by atoms with E-state index in [-0.39, 0.29) is 46.4 Å². The first-order valence-electron chi connectivity index (χ1n) is 18.5. The summed E-state index contributed by atoms with van der Waals surface area (Å²) in [6.45, 7) is 15.1. The average Bonchev–Trinajstić information content (AvgIpc) is 3.76. The molecule has 3 atom stereocenters. The number of imidazole rings is 1. The van der Waals surface area contributed by atoms with Crippen molar-refractivity contribution in [3.8, 4) is 11.5 Å². The van der Waals surface area contributed by atoms with Crippen LogP contribution in [0.2, 0.25) is 18.1 Å². The quantitative estimate of drug-likeness (QED) is 0.0919. The van der Waals surface area contributed by atoms with E-state index in [0.717, 1.165) is 28.2 Å². The van der Waals surface area contributed by atoms with Crippen LogP contribution in [-0.4, -0.2) is 60.7 Å². The molecule has 6 rings (SSSR count). The van der Waals surface area contributed by atoms with Crippen LogP contribution < -0.4 is 20.3 Å². The molecule has 0 spiro atoms. The zero-order valence-electron chi connectivity index (χ0n) is 32.7. The fourth-order valence-corrected chi connectivity index (χ4v) is 8.02. The van der Waals surface area contributed by atoms with Crippen molar-refractivity contribution in [1.29, 1.82) is 0 Å². The minimum atomic E-state index is -2.27.